The summed E-state index contributed by atoms with van der Waals surface area (Å²) in [6, 6.07) is -0.0962. The zero-order chi connectivity index (χ0) is 15.5. The van der Waals surface area contributed by atoms with Crippen LogP contribution in [-0.2, 0) is 4.79 Å². The fourth-order valence-electron chi connectivity index (χ4n) is 3.35. The first-order valence-corrected chi connectivity index (χ1v) is 8.19. The Kier molecular flexibility index (Phi) is 5.12. The highest BCUT2D eigenvalue weighted by atomic mass is 16.4. The van der Waals surface area contributed by atoms with Crippen LogP contribution in [0.2, 0.25) is 0 Å². The highest BCUT2D eigenvalue weighted by Gasteiger charge is 2.41. The number of aliphatic carboxylic acids is 1. The Labute approximate surface area is 127 Å². The van der Waals surface area contributed by atoms with Gasteiger partial charge in [-0.15, -0.1) is 0 Å². The molecule has 120 valence electrons. The third-order valence-electron chi connectivity index (χ3n) is 5.33. The van der Waals surface area contributed by atoms with Crippen LogP contribution < -0.4 is 5.32 Å². The van der Waals surface area contributed by atoms with Crippen molar-refractivity contribution in [3.63, 3.8) is 0 Å². The predicted octanol–water partition coefficient (Wildman–Crippen LogP) is 2.71. The van der Waals surface area contributed by atoms with Crippen molar-refractivity contribution >= 4 is 12.0 Å². The van der Waals surface area contributed by atoms with Crippen molar-refractivity contribution in [2.24, 2.45) is 17.3 Å². The van der Waals surface area contributed by atoms with E-state index in [1.807, 2.05) is 4.90 Å². The van der Waals surface area contributed by atoms with E-state index >= 15 is 0 Å². The normalized spacial score (nSPS) is 31.0. The van der Waals surface area contributed by atoms with Gasteiger partial charge in [-0.05, 0) is 50.4 Å². The Morgan fingerprint density at radius 1 is 1.10 bits per heavy atom. The summed E-state index contributed by atoms with van der Waals surface area (Å²) in [6.07, 6.45) is 5.28. The Morgan fingerprint density at radius 3 is 2.14 bits per heavy atom. The first kappa shape index (κ1) is 16.1. The minimum absolute atomic E-state index is 0.0962. The van der Waals surface area contributed by atoms with E-state index in [-0.39, 0.29) is 12.6 Å². The number of hydrogen-bond donors (Lipinski definition) is 2. The lowest BCUT2D eigenvalue weighted by molar-refractivity contribution is -0.151. The molecular weight excluding hydrogens is 268 g/mol. The number of carboxylic acids is 1. The van der Waals surface area contributed by atoms with Gasteiger partial charge in [0.25, 0.3) is 0 Å². The van der Waals surface area contributed by atoms with Gasteiger partial charge >= 0.3 is 12.0 Å². The largest absolute Gasteiger partial charge is 0.481 e. The molecule has 2 aliphatic rings. The van der Waals surface area contributed by atoms with Crippen LogP contribution in [0.1, 0.15) is 52.4 Å². The highest BCUT2D eigenvalue weighted by molar-refractivity contribution is 5.78. The number of carboxylic acid groups (broad SMARTS) is 1. The number of piperidine rings is 1. The lowest BCUT2D eigenvalue weighted by atomic mass is 9.71. The highest BCUT2D eigenvalue weighted by Crippen LogP contribution is 2.38. The van der Waals surface area contributed by atoms with Crippen LogP contribution in [0.25, 0.3) is 0 Å². The second-order valence-electron chi connectivity index (χ2n) is 7.10. The Bertz CT molecular complexity index is 381. The summed E-state index contributed by atoms with van der Waals surface area (Å²) in [5, 5.41) is 12.4. The van der Waals surface area contributed by atoms with Crippen LogP contribution in [-0.4, -0.2) is 41.6 Å². The second kappa shape index (κ2) is 6.67. The molecule has 1 aliphatic carbocycles. The lowest BCUT2D eigenvalue weighted by Gasteiger charge is -2.37. The molecule has 1 heterocycles. The molecule has 2 rings (SSSR count). The van der Waals surface area contributed by atoms with E-state index in [0.29, 0.717) is 24.7 Å². The molecule has 0 aromatic carbocycles. The summed E-state index contributed by atoms with van der Waals surface area (Å²) >= 11 is 0. The lowest BCUT2D eigenvalue weighted by Crippen LogP contribution is -2.50. The van der Waals surface area contributed by atoms with Gasteiger partial charge in [-0.3, -0.25) is 4.79 Å². The van der Waals surface area contributed by atoms with E-state index in [2.05, 4.69) is 19.2 Å². The zero-order valence-corrected chi connectivity index (χ0v) is 13.2. The van der Waals surface area contributed by atoms with Gasteiger partial charge in [0.2, 0.25) is 0 Å². The fraction of sp³-hybridized carbons (Fsp3) is 0.875. The summed E-state index contributed by atoms with van der Waals surface area (Å²) in [5.74, 6) is 0.512. The van der Waals surface area contributed by atoms with Crippen molar-refractivity contribution in [2.45, 2.75) is 52.4 Å². The van der Waals surface area contributed by atoms with Crippen LogP contribution in [0.4, 0.5) is 4.79 Å². The van der Waals surface area contributed by atoms with Crippen LogP contribution in [0, 0.1) is 17.3 Å². The van der Waals surface area contributed by atoms with E-state index in [4.69, 9.17) is 0 Å². The van der Waals surface area contributed by atoms with Gasteiger partial charge < -0.3 is 15.3 Å². The maximum Gasteiger partial charge on any atom is 0.317 e. The molecule has 0 atom stereocenters. The van der Waals surface area contributed by atoms with Crippen molar-refractivity contribution in [3.8, 4) is 0 Å². The standard InChI is InChI=1S/C16H28N2O3/c1-12-3-7-16(8-4-12,14(19)20)11-17-15(21)18-9-5-13(2)6-10-18/h12-13H,3-11H2,1-2H3,(H,17,21)(H,19,20). The third kappa shape index (κ3) is 3.89. The average molecular weight is 296 g/mol. The summed E-state index contributed by atoms with van der Waals surface area (Å²) in [6.45, 7) is 6.20. The Morgan fingerprint density at radius 2 is 1.62 bits per heavy atom. The van der Waals surface area contributed by atoms with Crippen molar-refractivity contribution in [1.82, 2.24) is 10.2 Å². The van der Waals surface area contributed by atoms with Gasteiger partial charge in [-0.2, -0.15) is 0 Å². The smallest absolute Gasteiger partial charge is 0.317 e. The maximum absolute atomic E-state index is 12.2. The van der Waals surface area contributed by atoms with Crippen molar-refractivity contribution in [3.05, 3.63) is 0 Å². The molecule has 0 bridgehead atoms. The van der Waals surface area contributed by atoms with Crippen molar-refractivity contribution < 1.29 is 14.7 Å². The van der Waals surface area contributed by atoms with Gasteiger partial charge in [0.05, 0.1) is 5.41 Å². The van der Waals surface area contributed by atoms with Crippen LogP contribution in [0.3, 0.4) is 0 Å². The monoisotopic (exact) mass is 296 g/mol. The minimum atomic E-state index is -0.762. The fourth-order valence-corrected chi connectivity index (χ4v) is 3.35. The molecule has 1 saturated heterocycles. The topological polar surface area (TPSA) is 69.6 Å². The van der Waals surface area contributed by atoms with Crippen molar-refractivity contribution in [2.75, 3.05) is 19.6 Å². The molecule has 2 fully saturated rings. The number of amides is 2. The molecular formula is C16H28N2O3. The minimum Gasteiger partial charge on any atom is -0.481 e. The first-order valence-electron chi connectivity index (χ1n) is 8.19. The summed E-state index contributed by atoms with van der Waals surface area (Å²) in [5.41, 5.74) is -0.759. The molecule has 5 nitrogen and oxygen atoms in total. The SMILES string of the molecule is CC1CCN(C(=O)NCC2(C(=O)O)CCC(C)CC2)CC1. The number of rotatable bonds is 3. The number of likely N-dealkylation sites (tertiary alicyclic amines) is 1. The molecule has 21 heavy (non-hydrogen) atoms. The first-order chi connectivity index (χ1) is 9.93. The third-order valence-corrected chi connectivity index (χ3v) is 5.33. The average Bonchev–Trinajstić information content (AvgIpc) is 2.47. The van der Waals surface area contributed by atoms with E-state index in [9.17, 15) is 14.7 Å². The summed E-state index contributed by atoms with van der Waals surface area (Å²) < 4.78 is 0. The number of hydrogen-bond acceptors (Lipinski definition) is 2. The number of nitrogens with one attached hydrogen (secondary N) is 1. The van der Waals surface area contributed by atoms with Crippen molar-refractivity contribution in [1.29, 1.82) is 0 Å². The molecule has 1 saturated carbocycles. The molecule has 2 N–H and O–H groups in total. The van der Waals surface area contributed by atoms with Gasteiger partial charge in [0.15, 0.2) is 0 Å². The van der Waals surface area contributed by atoms with Crippen LogP contribution in [0.15, 0.2) is 0 Å². The molecule has 0 aromatic rings. The van der Waals surface area contributed by atoms with Crippen LogP contribution in [0.5, 0.6) is 0 Å². The van der Waals surface area contributed by atoms with Gasteiger partial charge in [0, 0.05) is 19.6 Å². The quantitative estimate of drug-likeness (QED) is 0.841. The van der Waals surface area contributed by atoms with E-state index in [0.717, 1.165) is 38.8 Å². The number of urea groups is 1. The molecule has 0 unspecified atom stereocenters. The summed E-state index contributed by atoms with van der Waals surface area (Å²) in [7, 11) is 0. The van der Waals surface area contributed by atoms with E-state index < -0.39 is 11.4 Å². The molecule has 2 amide bonds. The van der Waals surface area contributed by atoms with E-state index in [1.165, 1.54) is 0 Å². The van der Waals surface area contributed by atoms with Gasteiger partial charge in [-0.25, -0.2) is 4.79 Å². The Hall–Kier alpha value is -1.26. The molecule has 0 aromatic heterocycles. The second-order valence-corrected chi connectivity index (χ2v) is 7.10. The number of nitrogens with zero attached hydrogens (tertiary/aromatic N) is 1. The van der Waals surface area contributed by atoms with E-state index in [1.54, 1.807) is 0 Å². The number of carbonyl (C=O) groups excluding carboxylic acids is 1. The van der Waals surface area contributed by atoms with Gasteiger partial charge in [0.1, 0.15) is 0 Å². The number of carbonyl (C=O) groups is 2. The zero-order valence-electron chi connectivity index (χ0n) is 13.2. The van der Waals surface area contributed by atoms with Crippen LogP contribution >= 0.6 is 0 Å². The Balaban J connectivity index is 1.87. The maximum atomic E-state index is 12.2. The molecule has 0 spiro atoms. The molecule has 1 aliphatic heterocycles. The summed E-state index contributed by atoms with van der Waals surface area (Å²) in [4.78, 5) is 25.7. The molecule has 5 heteroatoms. The van der Waals surface area contributed by atoms with Gasteiger partial charge in [-0.1, -0.05) is 13.8 Å². The molecule has 0 radical (unpaired) electrons. The predicted molar refractivity (Wildman–Crippen MR) is 81.1 cm³/mol.